The Balaban J connectivity index is 2.00. The molecule has 0 aromatic heterocycles. The Hall–Kier alpha value is -1.19. The molecule has 3 heteroatoms. The third kappa shape index (κ3) is 4.15. The van der Waals surface area contributed by atoms with E-state index in [0.29, 0.717) is 18.1 Å². The number of nitrogens with one attached hydrogen (secondary N) is 1. The first-order chi connectivity index (χ1) is 9.31. The molecule has 0 amide bonds. The molecule has 0 saturated carbocycles. The van der Waals surface area contributed by atoms with E-state index in [2.05, 4.69) is 11.4 Å². The number of hydrogen-bond donors (Lipinski definition) is 1. The smallest absolute Gasteiger partial charge is 0.163 e. The maximum atomic E-state index is 12.4. The van der Waals surface area contributed by atoms with Crippen molar-refractivity contribution in [2.24, 2.45) is 5.92 Å². The van der Waals surface area contributed by atoms with Gasteiger partial charge in [0.1, 0.15) is 0 Å². The number of Topliss-reactive ketones (excluding diaryl/α,β-unsaturated/α-hetero) is 1. The van der Waals surface area contributed by atoms with Crippen LogP contribution in [-0.4, -0.2) is 32.6 Å². The third-order valence-electron chi connectivity index (χ3n) is 3.78. The predicted octanol–water partition coefficient (Wildman–Crippen LogP) is 2.45. The van der Waals surface area contributed by atoms with Gasteiger partial charge in [-0.2, -0.15) is 0 Å². The van der Waals surface area contributed by atoms with Crippen molar-refractivity contribution in [3.05, 3.63) is 35.4 Å². The summed E-state index contributed by atoms with van der Waals surface area (Å²) in [5.74, 6) is 0.789. The molecule has 1 aromatic carbocycles. The number of carbonyl (C=O) groups is 1. The summed E-state index contributed by atoms with van der Waals surface area (Å²) in [6, 6.07) is 8.00. The van der Waals surface area contributed by atoms with Crippen LogP contribution in [0.1, 0.15) is 35.2 Å². The first kappa shape index (κ1) is 14.2. The molecule has 1 aromatic rings. The van der Waals surface area contributed by atoms with Gasteiger partial charge in [0, 0.05) is 25.2 Å². The van der Waals surface area contributed by atoms with Crippen LogP contribution in [0.4, 0.5) is 0 Å². The van der Waals surface area contributed by atoms with Crippen molar-refractivity contribution in [3.63, 3.8) is 0 Å². The van der Waals surface area contributed by atoms with Crippen molar-refractivity contribution in [1.29, 1.82) is 0 Å². The fourth-order valence-corrected chi connectivity index (χ4v) is 2.59. The number of carbonyl (C=O) groups excluding carboxylic acids is 1. The SMILES string of the molecule is CNCCc1ccccc1C(=O)CC1CCOCC1. The van der Waals surface area contributed by atoms with Gasteiger partial charge in [-0.3, -0.25) is 4.79 Å². The summed E-state index contributed by atoms with van der Waals surface area (Å²) in [4.78, 5) is 12.4. The monoisotopic (exact) mass is 261 g/mol. The molecule has 0 atom stereocenters. The number of benzene rings is 1. The average molecular weight is 261 g/mol. The summed E-state index contributed by atoms with van der Waals surface area (Å²) in [6.45, 7) is 2.51. The van der Waals surface area contributed by atoms with Gasteiger partial charge in [-0.15, -0.1) is 0 Å². The van der Waals surface area contributed by atoms with Crippen LogP contribution in [0.2, 0.25) is 0 Å². The highest BCUT2D eigenvalue weighted by atomic mass is 16.5. The lowest BCUT2D eigenvalue weighted by Gasteiger charge is -2.21. The molecule has 0 unspecified atom stereocenters. The van der Waals surface area contributed by atoms with Crippen LogP contribution in [0.5, 0.6) is 0 Å². The Morgan fingerprint density at radius 2 is 2.05 bits per heavy atom. The van der Waals surface area contributed by atoms with Gasteiger partial charge in [0.15, 0.2) is 5.78 Å². The highest BCUT2D eigenvalue weighted by Gasteiger charge is 2.19. The first-order valence-corrected chi connectivity index (χ1v) is 7.14. The van der Waals surface area contributed by atoms with Gasteiger partial charge in [0.2, 0.25) is 0 Å². The Kier molecular flexibility index (Phi) is 5.55. The van der Waals surface area contributed by atoms with Crippen molar-refractivity contribution in [2.45, 2.75) is 25.7 Å². The number of ketones is 1. The van der Waals surface area contributed by atoms with E-state index < -0.39 is 0 Å². The summed E-state index contributed by atoms with van der Waals surface area (Å²) in [6.07, 6.45) is 3.61. The number of rotatable bonds is 6. The van der Waals surface area contributed by atoms with E-state index >= 15 is 0 Å². The largest absolute Gasteiger partial charge is 0.381 e. The van der Waals surface area contributed by atoms with Crippen LogP contribution in [0, 0.1) is 5.92 Å². The van der Waals surface area contributed by atoms with Gasteiger partial charge in [-0.25, -0.2) is 0 Å². The second kappa shape index (κ2) is 7.41. The van der Waals surface area contributed by atoms with Crippen LogP contribution in [0.3, 0.4) is 0 Å². The number of likely N-dealkylation sites (N-methyl/N-ethyl adjacent to an activating group) is 1. The van der Waals surface area contributed by atoms with E-state index in [1.54, 1.807) is 0 Å². The van der Waals surface area contributed by atoms with Gasteiger partial charge in [0.05, 0.1) is 0 Å². The van der Waals surface area contributed by atoms with E-state index in [1.165, 1.54) is 0 Å². The molecular formula is C16H23NO2. The topological polar surface area (TPSA) is 38.3 Å². The standard InChI is InChI=1S/C16H23NO2/c1-17-9-6-14-4-2-3-5-15(14)16(18)12-13-7-10-19-11-8-13/h2-5,13,17H,6-12H2,1H3. The normalized spacial score (nSPS) is 16.5. The van der Waals surface area contributed by atoms with E-state index in [4.69, 9.17) is 4.74 Å². The highest BCUT2D eigenvalue weighted by Crippen LogP contribution is 2.22. The van der Waals surface area contributed by atoms with E-state index in [0.717, 1.165) is 50.1 Å². The van der Waals surface area contributed by atoms with Crippen molar-refractivity contribution < 1.29 is 9.53 Å². The molecule has 1 heterocycles. The fraction of sp³-hybridized carbons (Fsp3) is 0.562. The molecular weight excluding hydrogens is 238 g/mol. The molecule has 1 fully saturated rings. The Labute approximate surface area is 115 Å². The average Bonchev–Trinajstić information content (AvgIpc) is 2.46. The summed E-state index contributed by atoms with van der Waals surface area (Å²) >= 11 is 0. The van der Waals surface area contributed by atoms with E-state index in [-0.39, 0.29) is 0 Å². The Morgan fingerprint density at radius 3 is 2.79 bits per heavy atom. The minimum absolute atomic E-state index is 0.290. The van der Waals surface area contributed by atoms with E-state index in [9.17, 15) is 4.79 Å². The minimum Gasteiger partial charge on any atom is -0.381 e. The van der Waals surface area contributed by atoms with Crippen molar-refractivity contribution in [2.75, 3.05) is 26.8 Å². The molecule has 1 saturated heterocycles. The van der Waals surface area contributed by atoms with E-state index in [1.807, 2.05) is 25.2 Å². The second-order valence-electron chi connectivity index (χ2n) is 5.19. The summed E-state index contributed by atoms with van der Waals surface area (Å²) < 4.78 is 5.34. The summed E-state index contributed by atoms with van der Waals surface area (Å²) in [5.41, 5.74) is 2.07. The Morgan fingerprint density at radius 1 is 1.32 bits per heavy atom. The molecule has 2 rings (SSSR count). The van der Waals surface area contributed by atoms with Gasteiger partial charge in [-0.1, -0.05) is 24.3 Å². The number of hydrogen-bond acceptors (Lipinski definition) is 3. The summed E-state index contributed by atoms with van der Waals surface area (Å²) in [5, 5.41) is 3.14. The van der Waals surface area contributed by atoms with Gasteiger partial charge in [0.25, 0.3) is 0 Å². The summed E-state index contributed by atoms with van der Waals surface area (Å²) in [7, 11) is 1.94. The number of ether oxygens (including phenoxy) is 1. The predicted molar refractivity (Wildman–Crippen MR) is 76.6 cm³/mol. The minimum atomic E-state index is 0.290. The molecule has 104 valence electrons. The zero-order chi connectivity index (χ0) is 13.5. The van der Waals surface area contributed by atoms with Crippen molar-refractivity contribution in [3.8, 4) is 0 Å². The molecule has 3 nitrogen and oxygen atoms in total. The van der Waals surface area contributed by atoms with Crippen molar-refractivity contribution >= 4 is 5.78 Å². The molecule has 1 aliphatic heterocycles. The van der Waals surface area contributed by atoms with Gasteiger partial charge < -0.3 is 10.1 Å². The molecule has 1 N–H and O–H groups in total. The molecule has 0 bridgehead atoms. The van der Waals surface area contributed by atoms with Crippen molar-refractivity contribution in [1.82, 2.24) is 5.32 Å². The first-order valence-electron chi connectivity index (χ1n) is 7.14. The third-order valence-corrected chi connectivity index (χ3v) is 3.78. The molecule has 0 radical (unpaired) electrons. The lowest BCUT2D eigenvalue weighted by molar-refractivity contribution is 0.0601. The molecule has 0 spiro atoms. The van der Waals surface area contributed by atoms with Gasteiger partial charge >= 0.3 is 0 Å². The van der Waals surface area contributed by atoms with Crippen LogP contribution in [0.15, 0.2) is 24.3 Å². The second-order valence-corrected chi connectivity index (χ2v) is 5.19. The molecule has 0 aliphatic carbocycles. The van der Waals surface area contributed by atoms with Crippen LogP contribution >= 0.6 is 0 Å². The maximum absolute atomic E-state index is 12.4. The fourth-order valence-electron chi connectivity index (χ4n) is 2.59. The lowest BCUT2D eigenvalue weighted by atomic mass is 9.90. The zero-order valence-electron chi connectivity index (χ0n) is 11.7. The van der Waals surface area contributed by atoms with Crippen LogP contribution < -0.4 is 5.32 Å². The highest BCUT2D eigenvalue weighted by molar-refractivity contribution is 5.97. The van der Waals surface area contributed by atoms with Crippen LogP contribution in [-0.2, 0) is 11.2 Å². The Bertz CT molecular complexity index is 411. The molecule has 19 heavy (non-hydrogen) atoms. The molecule has 1 aliphatic rings. The lowest BCUT2D eigenvalue weighted by Crippen LogP contribution is -2.20. The maximum Gasteiger partial charge on any atom is 0.163 e. The van der Waals surface area contributed by atoms with Gasteiger partial charge in [-0.05, 0) is 44.3 Å². The quantitative estimate of drug-likeness (QED) is 0.799. The zero-order valence-corrected chi connectivity index (χ0v) is 11.7. The van der Waals surface area contributed by atoms with Crippen LogP contribution in [0.25, 0.3) is 0 Å².